The summed E-state index contributed by atoms with van der Waals surface area (Å²) in [5, 5.41) is 3.21. The van der Waals surface area contributed by atoms with Gasteiger partial charge in [-0.2, -0.15) is 0 Å². The number of carbonyl (C=O) groups is 1. The number of fused-ring (bicyclic) bond motifs is 3. The lowest BCUT2D eigenvalue weighted by atomic mass is 9.84. The van der Waals surface area contributed by atoms with E-state index >= 15 is 0 Å². The van der Waals surface area contributed by atoms with Crippen molar-refractivity contribution in [2.45, 2.75) is 18.9 Å². The first-order valence-corrected chi connectivity index (χ1v) is 8.57. The van der Waals surface area contributed by atoms with Crippen LogP contribution in [0.1, 0.15) is 23.3 Å². The van der Waals surface area contributed by atoms with E-state index in [4.69, 9.17) is 0 Å². The van der Waals surface area contributed by atoms with Crippen LogP contribution in [-0.4, -0.2) is 41.1 Å². The topological polar surface area (TPSA) is 37.3 Å². The summed E-state index contributed by atoms with van der Waals surface area (Å²) in [7, 11) is 1.85. The number of hydrogen-bond acceptors (Lipinski definition) is 2. The molecular weight excluding hydrogens is 305 g/mol. The van der Waals surface area contributed by atoms with E-state index in [9.17, 15) is 9.18 Å². The molecule has 0 saturated carbocycles. The maximum absolute atomic E-state index is 13.5. The Hall–Kier alpha value is -2.14. The number of carbonyl (C=O) groups excluding carboxylic acids is 1. The summed E-state index contributed by atoms with van der Waals surface area (Å²) in [6.45, 7) is 3.27. The molecule has 1 aromatic carbocycles. The summed E-state index contributed by atoms with van der Waals surface area (Å²) in [6, 6.07) is 10.4. The number of nitrogens with zero attached hydrogens (tertiary/aromatic N) is 2. The standard InChI is InChI=1S/C19H22FN3O/c1-22-17(14-3-2-4-15(20)11-14)5-6-18(22)19(24)21-16-12-23-9-7-13(16)8-10-23/h2-6,11,13,16H,7-10,12H2,1H3,(H,21,24)/t16-/m0/s1. The fourth-order valence-corrected chi connectivity index (χ4v) is 4.05. The third-order valence-electron chi connectivity index (χ3n) is 5.45. The highest BCUT2D eigenvalue weighted by molar-refractivity contribution is 5.94. The van der Waals surface area contributed by atoms with Crippen LogP contribution < -0.4 is 5.32 Å². The highest BCUT2D eigenvalue weighted by atomic mass is 19.1. The zero-order valence-corrected chi connectivity index (χ0v) is 13.8. The van der Waals surface area contributed by atoms with Crippen LogP contribution in [0.5, 0.6) is 0 Å². The lowest BCUT2D eigenvalue weighted by Crippen LogP contribution is -2.57. The molecule has 1 atom stereocenters. The van der Waals surface area contributed by atoms with Crippen LogP contribution in [-0.2, 0) is 7.05 Å². The highest BCUT2D eigenvalue weighted by Crippen LogP contribution is 2.28. The molecule has 0 radical (unpaired) electrons. The van der Waals surface area contributed by atoms with E-state index < -0.39 is 0 Å². The Morgan fingerprint density at radius 3 is 2.67 bits per heavy atom. The van der Waals surface area contributed by atoms with Crippen LogP contribution in [0.15, 0.2) is 36.4 Å². The number of hydrogen-bond donors (Lipinski definition) is 1. The smallest absolute Gasteiger partial charge is 0.268 e. The van der Waals surface area contributed by atoms with Crippen molar-refractivity contribution < 1.29 is 9.18 Å². The van der Waals surface area contributed by atoms with E-state index in [1.807, 2.05) is 29.8 Å². The molecule has 24 heavy (non-hydrogen) atoms. The van der Waals surface area contributed by atoms with E-state index in [2.05, 4.69) is 10.2 Å². The van der Waals surface area contributed by atoms with Gasteiger partial charge in [0.05, 0.1) is 0 Å². The minimum absolute atomic E-state index is 0.0427. The second-order valence-corrected chi connectivity index (χ2v) is 6.89. The van der Waals surface area contributed by atoms with Crippen LogP contribution in [0.3, 0.4) is 0 Å². The molecule has 0 unspecified atom stereocenters. The molecule has 5 rings (SSSR count). The first-order valence-electron chi connectivity index (χ1n) is 8.57. The number of amides is 1. The van der Waals surface area contributed by atoms with E-state index in [-0.39, 0.29) is 17.8 Å². The second-order valence-electron chi connectivity index (χ2n) is 6.89. The third kappa shape index (κ3) is 2.73. The Morgan fingerprint density at radius 1 is 1.21 bits per heavy atom. The van der Waals surface area contributed by atoms with Crippen molar-refractivity contribution in [1.82, 2.24) is 14.8 Å². The molecule has 1 aromatic heterocycles. The normalized spacial score (nSPS) is 25.7. The van der Waals surface area contributed by atoms with Crippen LogP contribution >= 0.6 is 0 Å². The lowest BCUT2D eigenvalue weighted by Gasteiger charge is -2.44. The van der Waals surface area contributed by atoms with Gasteiger partial charge < -0.3 is 14.8 Å². The van der Waals surface area contributed by atoms with Crippen LogP contribution in [0, 0.1) is 11.7 Å². The van der Waals surface area contributed by atoms with Gasteiger partial charge in [0.15, 0.2) is 0 Å². The molecule has 0 spiro atoms. The Bertz CT molecular complexity index is 762. The fraction of sp³-hybridized carbons (Fsp3) is 0.421. The zero-order chi connectivity index (χ0) is 16.7. The fourth-order valence-electron chi connectivity index (χ4n) is 4.05. The van der Waals surface area contributed by atoms with Gasteiger partial charge >= 0.3 is 0 Å². The Labute approximate surface area is 141 Å². The van der Waals surface area contributed by atoms with Gasteiger partial charge in [0.2, 0.25) is 0 Å². The molecule has 3 saturated heterocycles. The Morgan fingerprint density at radius 2 is 2.00 bits per heavy atom. The average Bonchev–Trinajstić information content (AvgIpc) is 2.97. The molecule has 2 bridgehead atoms. The summed E-state index contributed by atoms with van der Waals surface area (Å²) in [5.41, 5.74) is 2.23. The maximum Gasteiger partial charge on any atom is 0.268 e. The Kier molecular flexibility index (Phi) is 3.88. The zero-order valence-electron chi connectivity index (χ0n) is 13.8. The van der Waals surface area contributed by atoms with E-state index in [1.54, 1.807) is 6.07 Å². The maximum atomic E-state index is 13.5. The molecule has 1 N–H and O–H groups in total. The summed E-state index contributed by atoms with van der Waals surface area (Å²) in [5.74, 6) is 0.285. The molecule has 126 valence electrons. The Balaban J connectivity index is 1.53. The number of aromatic nitrogens is 1. The quantitative estimate of drug-likeness (QED) is 0.941. The molecule has 1 amide bonds. The van der Waals surface area contributed by atoms with Gasteiger partial charge in [0, 0.05) is 30.9 Å². The van der Waals surface area contributed by atoms with Gasteiger partial charge in [0.25, 0.3) is 5.91 Å². The first-order chi connectivity index (χ1) is 11.6. The van der Waals surface area contributed by atoms with Gasteiger partial charge in [-0.3, -0.25) is 4.79 Å². The molecule has 5 heteroatoms. The number of piperidine rings is 3. The van der Waals surface area contributed by atoms with Crippen LogP contribution in [0.25, 0.3) is 11.3 Å². The number of nitrogens with one attached hydrogen (secondary N) is 1. The lowest BCUT2D eigenvalue weighted by molar-refractivity contribution is 0.0616. The molecule has 3 aliphatic heterocycles. The van der Waals surface area contributed by atoms with Crippen molar-refractivity contribution in [3.8, 4) is 11.3 Å². The second kappa shape index (κ2) is 6.06. The SMILES string of the molecule is Cn1c(C(=O)N[C@H]2CN3CCC2CC3)ccc1-c1cccc(F)c1. The van der Waals surface area contributed by atoms with Crippen LogP contribution in [0.2, 0.25) is 0 Å². The number of rotatable bonds is 3. The summed E-state index contributed by atoms with van der Waals surface area (Å²) in [6.07, 6.45) is 2.35. The summed E-state index contributed by atoms with van der Waals surface area (Å²) in [4.78, 5) is 15.1. The van der Waals surface area contributed by atoms with Gasteiger partial charge in [-0.15, -0.1) is 0 Å². The monoisotopic (exact) mass is 327 g/mol. The first kappa shape index (κ1) is 15.4. The largest absolute Gasteiger partial charge is 0.346 e. The molecule has 3 fully saturated rings. The van der Waals surface area contributed by atoms with Crippen molar-refractivity contribution in [2.24, 2.45) is 13.0 Å². The molecule has 4 heterocycles. The molecule has 3 aliphatic rings. The van der Waals surface area contributed by atoms with Crippen molar-refractivity contribution >= 4 is 5.91 Å². The van der Waals surface area contributed by atoms with E-state index in [1.165, 1.54) is 25.0 Å². The minimum Gasteiger partial charge on any atom is -0.346 e. The summed E-state index contributed by atoms with van der Waals surface area (Å²) < 4.78 is 15.3. The van der Waals surface area contributed by atoms with Crippen molar-refractivity contribution in [3.63, 3.8) is 0 Å². The van der Waals surface area contributed by atoms with Crippen molar-refractivity contribution in [2.75, 3.05) is 19.6 Å². The predicted molar refractivity (Wildman–Crippen MR) is 91.2 cm³/mol. The number of benzene rings is 1. The van der Waals surface area contributed by atoms with Crippen molar-refractivity contribution in [3.05, 3.63) is 47.9 Å². The van der Waals surface area contributed by atoms with Gasteiger partial charge in [0.1, 0.15) is 11.5 Å². The van der Waals surface area contributed by atoms with E-state index in [0.29, 0.717) is 11.6 Å². The number of halogens is 1. The average molecular weight is 327 g/mol. The van der Waals surface area contributed by atoms with Gasteiger partial charge in [-0.25, -0.2) is 4.39 Å². The predicted octanol–water partition coefficient (Wildman–Crippen LogP) is 2.66. The van der Waals surface area contributed by atoms with Crippen molar-refractivity contribution in [1.29, 1.82) is 0 Å². The van der Waals surface area contributed by atoms with Gasteiger partial charge in [-0.05, 0) is 56.1 Å². The minimum atomic E-state index is -0.271. The van der Waals surface area contributed by atoms with E-state index in [0.717, 1.165) is 30.9 Å². The van der Waals surface area contributed by atoms with Crippen LogP contribution in [0.4, 0.5) is 4.39 Å². The molecule has 4 nitrogen and oxygen atoms in total. The molecule has 0 aliphatic carbocycles. The summed E-state index contributed by atoms with van der Waals surface area (Å²) >= 11 is 0. The van der Waals surface area contributed by atoms with Gasteiger partial charge in [-0.1, -0.05) is 12.1 Å². The molecule has 2 aromatic rings. The third-order valence-corrected chi connectivity index (χ3v) is 5.45. The molecular formula is C19H22FN3O. The highest BCUT2D eigenvalue weighted by Gasteiger charge is 2.35.